The van der Waals surface area contributed by atoms with E-state index in [1.807, 2.05) is 6.92 Å². The molecule has 26 heavy (non-hydrogen) atoms. The number of methoxy groups -OCH3 is 2. The quantitative estimate of drug-likeness (QED) is 0.571. The predicted molar refractivity (Wildman–Crippen MR) is 103 cm³/mol. The highest BCUT2D eigenvalue weighted by molar-refractivity contribution is 7.89. The van der Waals surface area contributed by atoms with Crippen LogP contribution in [0.1, 0.15) is 16.7 Å². The number of ether oxygens (including phenoxy) is 2. The first-order valence-electron chi connectivity index (χ1n) is 7.43. The zero-order valence-corrected chi connectivity index (χ0v) is 17.0. The summed E-state index contributed by atoms with van der Waals surface area (Å²) in [6.07, 6.45) is 1.26. The van der Waals surface area contributed by atoms with Gasteiger partial charge in [0.25, 0.3) is 10.0 Å². The van der Waals surface area contributed by atoms with Crippen LogP contribution in [0.25, 0.3) is 0 Å². The summed E-state index contributed by atoms with van der Waals surface area (Å²) >= 11 is 12.3. The molecule has 0 saturated carbocycles. The third kappa shape index (κ3) is 4.23. The van der Waals surface area contributed by atoms with Crippen LogP contribution in [0.2, 0.25) is 10.0 Å². The molecule has 0 unspecified atom stereocenters. The molecule has 0 spiro atoms. The lowest BCUT2D eigenvalue weighted by molar-refractivity contribution is 0.394. The number of aryl methyl sites for hydroxylation is 2. The molecule has 0 aliphatic heterocycles. The van der Waals surface area contributed by atoms with Crippen LogP contribution in [0, 0.1) is 13.8 Å². The van der Waals surface area contributed by atoms with E-state index in [-0.39, 0.29) is 26.4 Å². The third-order valence-corrected chi connectivity index (χ3v) is 5.57. The molecule has 0 heterocycles. The second-order valence-corrected chi connectivity index (χ2v) is 7.86. The summed E-state index contributed by atoms with van der Waals surface area (Å²) in [6.45, 7) is 3.61. The molecule has 0 radical (unpaired) electrons. The lowest BCUT2D eigenvalue weighted by Gasteiger charge is -2.12. The molecule has 2 aromatic rings. The minimum atomic E-state index is -3.81. The summed E-state index contributed by atoms with van der Waals surface area (Å²) < 4.78 is 35.2. The van der Waals surface area contributed by atoms with Gasteiger partial charge in [-0.25, -0.2) is 4.83 Å². The first-order valence-corrected chi connectivity index (χ1v) is 9.67. The highest BCUT2D eigenvalue weighted by atomic mass is 35.5. The second kappa shape index (κ2) is 8.16. The molecule has 2 rings (SSSR count). The molecule has 0 fully saturated rings. The minimum Gasteiger partial charge on any atom is -0.494 e. The Hall–Kier alpha value is -1.96. The van der Waals surface area contributed by atoms with Crippen molar-refractivity contribution in [2.75, 3.05) is 14.2 Å². The maximum Gasteiger partial charge on any atom is 0.276 e. The van der Waals surface area contributed by atoms with Crippen molar-refractivity contribution in [1.82, 2.24) is 4.83 Å². The van der Waals surface area contributed by atoms with Crippen LogP contribution in [0.3, 0.4) is 0 Å². The summed E-state index contributed by atoms with van der Waals surface area (Å²) in [5, 5.41) is 4.21. The molecule has 0 aromatic heterocycles. The number of hydrogen-bond acceptors (Lipinski definition) is 5. The molecule has 0 bridgehead atoms. The number of nitrogens with one attached hydrogen (secondary N) is 1. The van der Waals surface area contributed by atoms with Crippen molar-refractivity contribution in [2.24, 2.45) is 5.10 Å². The summed E-state index contributed by atoms with van der Waals surface area (Å²) in [6, 6.07) is 6.55. The minimum absolute atomic E-state index is 0.151. The van der Waals surface area contributed by atoms with E-state index in [0.29, 0.717) is 11.1 Å². The maximum absolute atomic E-state index is 12.4. The lowest BCUT2D eigenvalue weighted by atomic mass is 10.2. The van der Waals surface area contributed by atoms with Gasteiger partial charge in [-0.2, -0.15) is 13.5 Å². The SMILES string of the molecule is COc1c(Cl)cc(/C=N/NS(=O)(=O)c2ccc(C)cc2C)c(OC)c1Cl. The van der Waals surface area contributed by atoms with Gasteiger partial charge in [-0.1, -0.05) is 40.9 Å². The van der Waals surface area contributed by atoms with Crippen LogP contribution in [0.5, 0.6) is 11.5 Å². The Morgan fingerprint density at radius 2 is 1.73 bits per heavy atom. The fraction of sp³-hybridized carbons (Fsp3) is 0.235. The largest absolute Gasteiger partial charge is 0.494 e. The van der Waals surface area contributed by atoms with E-state index in [9.17, 15) is 8.42 Å². The van der Waals surface area contributed by atoms with Gasteiger partial charge in [0.2, 0.25) is 0 Å². The normalized spacial score (nSPS) is 11.6. The van der Waals surface area contributed by atoms with Crippen molar-refractivity contribution in [3.05, 3.63) is 51.0 Å². The van der Waals surface area contributed by atoms with Crippen molar-refractivity contribution in [3.8, 4) is 11.5 Å². The zero-order chi connectivity index (χ0) is 19.5. The Labute approximate surface area is 162 Å². The molecular formula is C17H18Cl2N2O4S. The number of sulfonamides is 1. The molecule has 0 aliphatic rings. The Kier molecular flexibility index (Phi) is 6.39. The molecule has 2 aromatic carbocycles. The van der Waals surface area contributed by atoms with Gasteiger partial charge in [0, 0.05) is 5.56 Å². The van der Waals surface area contributed by atoms with E-state index < -0.39 is 10.0 Å². The fourth-order valence-corrected chi connectivity index (χ4v) is 4.13. The van der Waals surface area contributed by atoms with Crippen molar-refractivity contribution < 1.29 is 17.9 Å². The van der Waals surface area contributed by atoms with Crippen LogP contribution in [0.15, 0.2) is 34.3 Å². The molecule has 0 amide bonds. The van der Waals surface area contributed by atoms with Gasteiger partial charge in [-0.05, 0) is 31.5 Å². The van der Waals surface area contributed by atoms with Gasteiger partial charge in [0.15, 0.2) is 5.75 Å². The lowest BCUT2D eigenvalue weighted by Crippen LogP contribution is -2.19. The number of nitrogens with zero attached hydrogens (tertiary/aromatic N) is 1. The average molecular weight is 417 g/mol. The molecular weight excluding hydrogens is 399 g/mol. The molecule has 1 N–H and O–H groups in total. The molecule has 0 aliphatic carbocycles. The Morgan fingerprint density at radius 1 is 1.08 bits per heavy atom. The second-order valence-electron chi connectivity index (χ2n) is 5.45. The van der Waals surface area contributed by atoms with E-state index in [0.717, 1.165) is 5.56 Å². The van der Waals surface area contributed by atoms with Gasteiger partial charge >= 0.3 is 0 Å². The standard InChI is InChI=1S/C17H18Cl2N2O4S/c1-10-5-6-14(11(2)7-10)26(22,23)21-20-9-12-8-13(18)17(25-4)15(19)16(12)24-3/h5-9,21H,1-4H3/b20-9+. The number of hydrazone groups is 1. The number of benzene rings is 2. The Bertz CT molecular complexity index is 960. The zero-order valence-electron chi connectivity index (χ0n) is 14.6. The first kappa shape index (κ1) is 20.4. The summed E-state index contributed by atoms with van der Waals surface area (Å²) in [7, 11) is -0.959. The summed E-state index contributed by atoms with van der Waals surface area (Å²) in [5.74, 6) is 0.528. The number of hydrogen-bond donors (Lipinski definition) is 1. The van der Waals surface area contributed by atoms with E-state index in [4.69, 9.17) is 32.7 Å². The Morgan fingerprint density at radius 3 is 2.31 bits per heavy atom. The monoisotopic (exact) mass is 416 g/mol. The van der Waals surface area contributed by atoms with Crippen LogP contribution in [-0.2, 0) is 10.0 Å². The molecule has 0 atom stereocenters. The summed E-state index contributed by atoms with van der Waals surface area (Å²) in [4.78, 5) is 2.32. The van der Waals surface area contributed by atoms with E-state index in [2.05, 4.69) is 9.93 Å². The van der Waals surface area contributed by atoms with Crippen LogP contribution < -0.4 is 14.3 Å². The fourth-order valence-electron chi connectivity index (χ4n) is 2.41. The predicted octanol–water partition coefficient (Wildman–Crippen LogP) is 3.94. The third-order valence-electron chi connectivity index (χ3n) is 3.56. The van der Waals surface area contributed by atoms with E-state index >= 15 is 0 Å². The van der Waals surface area contributed by atoms with E-state index in [1.54, 1.807) is 19.1 Å². The van der Waals surface area contributed by atoms with Crippen molar-refractivity contribution >= 4 is 39.4 Å². The highest BCUT2D eigenvalue weighted by Crippen LogP contribution is 2.41. The topological polar surface area (TPSA) is 77.0 Å². The van der Waals surface area contributed by atoms with Gasteiger partial charge in [0.1, 0.15) is 10.8 Å². The molecule has 9 heteroatoms. The van der Waals surface area contributed by atoms with Crippen molar-refractivity contribution in [3.63, 3.8) is 0 Å². The molecule has 6 nitrogen and oxygen atoms in total. The van der Waals surface area contributed by atoms with Gasteiger partial charge in [0.05, 0.1) is 30.4 Å². The summed E-state index contributed by atoms with van der Waals surface area (Å²) in [5.41, 5.74) is 1.99. The molecule has 140 valence electrons. The van der Waals surface area contributed by atoms with Gasteiger partial charge in [-0.15, -0.1) is 0 Å². The van der Waals surface area contributed by atoms with Gasteiger partial charge < -0.3 is 9.47 Å². The highest BCUT2D eigenvalue weighted by Gasteiger charge is 2.18. The Balaban J connectivity index is 2.33. The maximum atomic E-state index is 12.4. The van der Waals surface area contributed by atoms with Crippen molar-refractivity contribution in [1.29, 1.82) is 0 Å². The van der Waals surface area contributed by atoms with Crippen LogP contribution >= 0.6 is 23.2 Å². The average Bonchev–Trinajstić information content (AvgIpc) is 2.54. The van der Waals surface area contributed by atoms with Crippen LogP contribution in [-0.4, -0.2) is 28.9 Å². The number of rotatable bonds is 6. The molecule has 0 saturated heterocycles. The number of halogens is 2. The smallest absolute Gasteiger partial charge is 0.276 e. The first-order chi connectivity index (χ1) is 12.2. The van der Waals surface area contributed by atoms with E-state index in [1.165, 1.54) is 32.6 Å². The van der Waals surface area contributed by atoms with Crippen molar-refractivity contribution in [2.45, 2.75) is 18.7 Å². The van der Waals surface area contributed by atoms with Gasteiger partial charge in [-0.3, -0.25) is 0 Å². The van der Waals surface area contributed by atoms with Crippen LogP contribution in [0.4, 0.5) is 0 Å².